The molecule has 9 nitrogen and oxygen atoms in total. The van der Waals surface area contributed by atoms with E-state index in [-0.39, 0.29) is 36.6 Å². The van der Waals surface area contributed by atoms with Crippen molar-refractivity contribution in [2.45, 2.75) is 38.3 Å². The summed E-state index contributed by atoms with van der Waals surface area (Å²) in [6, 6.07) is 6.48. The molecule has 4 heterocycles. The quantitative estimate of drug-likeness (QED) is 0.622. The molecule has 1 aromatic heterocycles. The monoisotopic (exact) mass is 468 g/mol. The zero-order chi connectivity index (χ0) is 23.8. The van der Waals surface area contributed by atoms with Gasteiger partial charge >= 0.3 is 6.09 Å². The average Bonchev–Trinajstić information content (AvgIpc) is 3.33. The summed E-state index contributed by atoms with van der Waals surface area (Å²) in [4.78, 5) is 43.4. The third-order valence-corrected chi connectivity index (χ3v) is 6.36. The Morgan fingerprint density at radius 1 is 1.18 bits per heavy atom. The number of amides is 2. The van der Waals surface area contributed by atoms with Gasteiger partial charge in [-0.1, -0.05) is 6.07 Å². The second-order valence-corrected chi connectivity index (χ2v) is 8.72. The summed E-state index contributed by atoms with van der Waals surface area (Å²) in [5.74, 6) is 0.578. The number of nitrogens with one attached hydrogen (secondary N) is 1. The molecule has 34 heavy (non-hydrogen) atoms. The number of benzene rings is 1. The smallest absolute Gasteiger partial charge is 0.415 e. The van der Waals surface area contributed by atoms with Crippen molar-refractivity contribution in [3.05, 3.63) is 46.9 Å². The normalized spacial score (nSPS) is 19.2. The first-order valence-electron chi connectivity index (χ1n) is 11.3. The van der Waals surface area contributed by atoms with Gasteiger partial charge in [0, 0.05) is 19.2 Å². The van der Waals surface area contributed by atoms with E-state index in [4.69, 9.17) is 9.47 Å². The number of ketones is 1. The van der Waals surface area contributed by atoms with Crippen LogP contribution in [-0.2, 0) is 33.7 Å². The van der Waals surface area contributed by atoms with Crippen molar-refractivity contribution < 1.29 is 28.2 Å². The highest BCUT2D eigenvalue weighted by atomic mass is 19.1. The fraction of sp³-hybridized carbons (Fsp3) is 0.417. The summed E-state index contributed by atoms with van der Waals surface area (Å²) in [5.41, 5.74) is 2.52. The molecule has 0 spiro atoms. The molecule has 1 fully saturated rings. The van der Waals surface area contributed by atoms with E-state index in [1.54, 1.807) is 25.2 Å². The Kier molecular flexibility index (Phi) is 5.91. The number of carbonyl (C=O) groups is 3. The van der Waals surface area contributed by atoms with Gasteiger partial charge in [0.25, 0.3) is 0 Å². The molecule has 5 rings (SSSR count). The fourth-order valence-corrected chi connectivity index (χ4v) is 4.60. The maximum Gasteiger partial charge on any atom is 0.415 e. The van der Waals surface area contributed by atoms with Crippen LogP contribution in [0.15, 0.2) is 24.3 Å². The Labute approximate surface area is 195 Å². The molecule has 3 aliphatic heterocycles. The topological polar surface area (TPSA) is 101 Å². The van der Waals surface area contributed by atoms with E-state index < -0.39 is 6.09 Å². The average molecular weight is 468 g/mol. The van der Waals surface area contributed by atoms with Gasteiger partial charge in [0.15, 0.2) is 5.78 Å². The third-order valence-electron chi connectivity index (χ3n) is 6.36. The first kappa shape index (κ1) is 22.3. The highest BCUT2D eigenvalue weighted by Crippen LogP contribution is 2.33. The summed E-state index contributed by atoms with van der Waals surface area (Å²) in [5, 5.41) is 3.23. The van der Waals surface area contributed by atoms with Crippen molar-refractivity contribution in [3.8, 4) is 5.75 Å². The van der Waals surface area contributed by atoms with Crippen LogP contribution in [0.3, 0.4) is 0 Å². The van der Waals surface area contributed by atoms with Gasteiger partial charge in [-0.15, -0.1) is 0 Å². The predicted octanol–water partition coefficient (Wildman–Crippen LogP) is 2.14. The number of ether oxygens (including phenoxy) is 2. The Hall–Kier alpha value is -3.53. The van der Waals surface area contributed by atoms with Crippen molar-refractivity contribution in [3.63, 3.8) is 0 Å². The zero-order valence-electron chi connectivity index (χ0n) is 18.8. The van der Waals surface area contributed by atoms with Crippen LogP contribution in [0.5, 0.6) is 5.75 Å². The highest BCUT2D eigenvalue weighted by Gasteiger charge is 2.34. The predicted molar refractivity (Wildman–Crippen MR) is 121 cm³/mol. The Balaban J connectivity index is 1.12. The summed E-state index contributed by atoms with van der Waals surface area (Å²) in [6.07, 6.45) is 1.09. The number of aromatic nitrogens is 1. The molecule has 10 heteroatoms. The number of hydrogen-bond donors (Lipinski definition) is 1. The summed E-state index contributed by atoms with van der Waals surface area (Å²) in [6.45, 7) is 1.33. The van der Waals surface area contributed by atoms with Gasteiger partial charge < -0.3 is 19.7 Å². The maximum atomic E-state index is 14.4. The lowest BCUT2D eigenvalue weighted by atomic mass is 10.1. The fourth-order valence-electron chi connectivity index (χ4n) is 4.60. The van der Waals surface area contributed by atoms with Crippen LogP contribution < -0.4 is 19.9 Å². The third kappa shape index (κ3) is 4.21. The minimum atomic E-state index is -0.469. The number of likely N-dealkylation sites (N-methyl/N-ethyl adjacent to an activating group) is 1. The van der Waals surface area contributed by atoms with Gasteiger partial charge in [-0.3, -0.25) is 14.5 Å². The molecule has 1 N–H and O–H groups in total. The van der Waals surface area contributed by atoms with Gasteiger partial charge in [-0.2, -0.15) is 0 Å². The molecular formula is C24H25FN4O5. The Bertz CT molecular complexity index is 1170. The first-order chi connectivity index (χ1) is 16.4. The summed E-state index contributed by atoms with van der Waals surface area (Å²) < 4.78 is 25.2. The highest BCUT2D eigenvalue weighted by molar-refractivity contribution is 6.01. The van der Waals surface area contributed by atoms with Crippen LogP contribution in [0.25, 0.3) is 0 Å². The van der Waals surface area contributed by atoms with E-state index in [2.05, 4.69) is 10.3 Å². The van der Waals surface area contributed by atoms with Crippen LogP contribution in [0.1, 0.15) is 29.7 Å². The number of halogens is 1. The zero-order valence-corrected chi connectivity index (χ0v) is 18.8. The Morgan fingerprint density at radius 2 is 2.03 bits per heavy atom. The van der Waals surface area contributed by atoms with Crippen molar-refractivity contribution in [1.29, 1.82) is 0 Å². The number of fused-ring (bicyclic) bond motifs is 2. The standard InChI is InChI=1S/C24H25FN4O5/c1-28-22(31)9-14-4-5-18(25)17(23(14)28)11-26-8-2-3-16-12-29(24(32)34-16)21-7-6-20-19(27-21)10-15(30)13-33-20/h4-7,16,26H,2-3,8-13H2,1H3. The van der Waals surface area contributed by atoms with Gasteiger partial charge in [-0.05, 0) is 43.1 Å². The molecule has 0 saturated carbocycles. The molecule has 1 unspecified atom stereocenters. The number of Topliss-reactive ketones (excluding diaryl/α,β-unsaturated/α-hetero) is 1. The molecular weight excluding hydrogens is 443 g/mol. The molecule has 0 aliphatic carbocycles. The summed E-state index contributed by atoms with van der Waals surface area (Å²) >= 11 is 0. The number of anilines is 2. The van der Waals surface area contributed by atoms with E-state index in [1.165, 1.54) is 15.9 Å². The van der Waals surface area contributed by atoms with Crippen molar-refractivity contribution >= 4 is 29.3 Å². The van der Waals surface area contributed by atoms with E-state index in [0.717, 1.165) is 12.0 Å². The van der Waals surface area contributed by atoms with Crippen LogP contribution in [0.4, 0.5) is 20.7 Å². The first-order valence-corrected chi connectivity index (χ1v) is 11.3. The lowest BCUT2D eigenvalue weighted by Gasteiger charge is -2.18. The van der Waals surface area contributed by atoms with Crippen molar-refractivity contribution in [1.82, 2.24) is 10.3 Å². The molecule has 1 atom stereocenters. The molecule has 2 aromatic rings. The molecule has 178 valence electrons. The molecule has 0 bridgehead atoms. The molecule has 0 radical (unpaired) electrons. The number of cyclic esters (lactones) is 1. The van der Waals surface area contributed by atoms with Crippen LogP contribution in [-0.4, -0.2) is 55.6 Å². The lowest BCUT2D eigenvalue weighted by molar-refractivity contribution is -0.121. The Morgan fingerprint density at radius 3 is 2.88 bits per heavy atom. The van der Waals surface area contributed by atoms with E-state index in [0.29, 0.717) is 61.0 Å². The minimum absolute atomic E-state index is 0.0398. The van der Waals surface area contributed by atoms with Gasteiger partial charge in [0.05, 0.1) is 30.8 Å². The largest absolute Gasteiger partial charge is 0.484 e. The lowest BCUT2D eigenvalue weighted by Crippen LogP contribution is -2.27. The van der Waals surface area contributed by atoms with Crippen molar-refractivity contribution in [2.24, 2.45) is 0 Å². The number of carbonyl (C=O) groups excluding carboxylic acids is 3. The van der Waals surface area contributed by atoms with Crippen LogP contribution >= 0.6 is 0 Å². The van der Waals surface area contributed by atoms with E-state index in [1.807, 2.05) is 0 Å². The second kappa shape index (κ2) is 9.02. The second-order valence-electron chi connectivity index (χ2n) is 8.72. The maximum absolute atomic E-state index is 14.4. The van der Waals surface area contributed by atoms with Crippen molar-refractivity contribution in [2.75, 3.05) is 36.5 Å². The van der Waals surface area contributed by atoms with Crippen LogP contribution in [0.2, 0.25) is 0 Å². The van der Waals surface area contributed by atoms with E-state index >= 15 is 0 Å². The molecule has 2 amide bonds. The van der Waals surface area contributed by atoms with Crippen LogP contribution in [0, 0.1) is 5.82 Å². The number of nitrogens with zero attached hydrogens (tertiary/aromatic N) is 3. The number of rotatable bonds is 7. The molecule has 1 saturated heterocycles. The van der Waals surface area contributed by atoms with Gasteiger partial charge in [0.1, 0.15) is 30.1 Å². The van der Waals surface area contributed by atoms with Gasteiger partial charge in [-0.25, -0.2) is 14.2 Å². The molecule has 3 aliphatic rings. The minimum Gasteiger partial charge on any atom is -0.484 e. The van der Waals surface area contributed by atoms with Gasteiger partial charge in [0.2, 0.25) is 5.91 Å². The summed E-state index contributed by atoms with van der Waals surface area (Å²) in [7, 11) is 1.67. The molecule has 1 aromatic carbocycles. The van der Waals surface area contributed by atoms with E-state index in [9.17, 15) is 18.8 Å². The number of hydrogen-bond acceptors (Lipinski definition) is 7. The number of pyridine rings is 1. The SMILES string of the molecule is CN1C(=O)Cc2ccc(F)c(CNCCCC3CN(c4ccc5c(n4)CC(=O)CO5)C(=O)O3)c21.